The van der Waals surface area contributed by atoms with Crippen LogP contribution in [0.5, 0.6) is 0 Å². The highest BCUT2D eigenvalue weighted by molar-refractivity contribution is 8.06. The monoisotopic (exact) mass is 297 g/mol. The second-order valence-electron chi connectivity index (χ2n) is 4.83. The first-order valence-electron chi connectivity index (χ1n) is 6.67. The Morgan fingerprint density at radius 3 is 3.00 bits per heavy atom. The first kappa shape index (κ1) is 14.7. The van der Waals surface area contributed by atoms with Gasteiger partial charge >= 0.3 is 0 Å². The maximum Gasteiger partial charge on any atom is 0.226 e. The van der Waals surface area contributed by atoms with Crippen LogP contribution < -0.4 is 0 Å². The van der Waals surface area contributed by atoms with Gasteiger partial charge in [-0.25, -0.2) is 0 Å². The molecule has 19 heavy (non-hydrogen) atoms. The Morgan fingerprint density at radius 2 is 2.26 bits per heavy atom. The summed E-state index contributed by atoms with van der Waals surface area (Å²) in [5, 5.41) is 13.8. The summed E-state index contributed by atoms with van der Waals surface area (Å²) in [4.78, 5) is 4.53. The summed E-state index contributed by atoms with van der Waals surface area (Å²) in [6.07, 6.45) is 2.36. The van der Waals surface area contributed by atoms with Crippen molar-refractivity contribution in [3.05, 3.63) is 11.7 Å². The number of hydrogen-bond donors (Lipinski definition) is 0. The second-order valence-corrected chi connectivity index (χ2v) is 7.42. The second kappa shape index (κ2) is 7.20. The van der Waals surface area contributed by atoms with Crippen LogP contribution in [-0.4, -0.2) is 26.9 Å². The highest BCUT2D eigenvalue weighted by atomic mass is 32.2. The van der Waals surface area contributed by atoms with E-state index in [0.29, 0.717) is 29.2 Å². The molecule has 3 unspecified atom stereocenters. The highest BCUT2D eigenvalue weighted by Gasteiger charge is 2.30. The van der Waals surface area contributed by atoms with Crippen molar-refractivity contribution in [1.82, 2.24) is 10.1 Å². The third kappa shape index (κ3) is 3.90. The Hall–Kier alpha value is -0.670. The molecular weight excluding hydrogens is 278 g/mol. The van der Waals surface area contributed by atoms with Gasteiger partial charge in [-0.15, -0.1) is 11.8 Å². The molecule has 0 radical (unpaired) electrons. The average molecular weight is 297 g/mol. The predicted molar refractivity (Wildman–Crippen MR) is 79.1 cm³/mol. The molecule has 0 aliphatic carbocycles. The van der Waals surface area contributed by atoms with Gasteiger partial charge in [-0.05, 0) is 12.3 Å². The molecule has 0 spiro atoms. The Kier molecular flexibility index (Phi) is 5.59. The van der Waals surface area contributed by atoms with Gasteiger partial charge in [0.05, 0.1) is 11.3 Å². The van der Waals surface area contributed by atoms with E-state index in [1.165, 1.54) is 5.75 Å². The van der Waals surface area contributed by atoms with Gasteiger partial charge in [-0.1, -0.05) is 19.0 Å². The molecule has 3 atom stereocenters. The van der Waals surface area contributed by atoms with Crippen LogP contribution in [0.15, 0.2) is 4.52 Å². The van der Waals surface area contributed by atoms with E-state index in [1.54, 1.807) is 0 Å². The fourth-order valence-electron chi connectivity index (χ4n) is 2.13. The zero-order valence-electron chi connectivity index (χ0n) is 11.3. The SMILES string of the molecule is CCC1SCCSC1c1noc(CC(C)CC#N)n1. The minimum absolute atomic E-state index is 0.272. The van der Waals surface area contributed by atoms with Gasteiger partial charge in [0.1, 0.15) is 0 Å². The molecule has 0 N–H and O–H groups in total. The first-order chi connectivity index (χ1) is 9.24. The standard InChI is InChI=1S/C13H19N3OS2/c1-3-10-12(19-7-6-18-10)13-15-11(17-16-13)8-9(2)4-5-14/h9-10,12H,3-4,6-8H2,1-2H3. The molecule has 0 bridgehead atoms. The molecule has 4 nitrogen and oxygen atoms in total. The van der Waals surface area contributed by atoms with Gasteiger partial charge in [0.15, 0.2) is 5.82 Å². The highest BCUT2D eigenvalue weighted by Crippen LogP contribution is 2.42. The van der Waals surface area contributed by atoms with Gasteiger partial charge in [0.25, 0.3) is 0 Å². The molecule has 1 saturated heterocycles. The Labute approximate surface area is 122 Å². The number of hydrogen-bond acceptors (Lipinski definition) is 6. The van der Waals surface area contributed by atoms with E-state index in [9.17, 15) is 0 Å². The number of thioether (sulfide) groups is 2. The minimum atomic E-state index is 0.272. The molecule has 2 rings (SSSR count). The van der Waals surface area contributed by atoms with Crippen LogP contribution in [0.2, 0.25) is 0 Å². The minimum Gasteiger partial charge on any atom is -0.339 e. The molecule has 6 heteroatoms. The van der Waals surface area contributed by atoms with Crippen molar-refractivity contribution < 1.29 is 4.52 Å². The lowest BCUT2D eigenvalue weighted by molar-refractivity contribution is 0.354. The van der Waals surface area contributed by atoms with Crippen molar-refractivity contribution in [2.24, 2.45) is 5.92 Å². The third-order valence-corrected chi connectivity index (χ3v) is 6.40. The van der Waals surface area contributed by atoms with Crippen LogP contribution in [0.1, 0.15) is 43.7 Å². The van der Waals surface area contributed by atoms with E-state index in [1.807, 2.05) is 30.4 Å². The van der Waals surface area contributed by atoms with Crippen LogP contribution in [0.25, 0.3) is 0 Å². The molecule has 1 fully saturated rings. The largest absolute Gasteiger partial charge is 0.339 e. The number of nitrogens with zero attached hydrogens (tertiary/aromatic N) is 3. The van der Waals surface area contributed by atoms with Crippen LogP contribution in [0.3, 0.4) is 0 Å². The van der Waals surface area contributed by atoms with E-state index >= 15 is 0 Å². The smallest absolute Gasteiger partial charge is 0.226 e. The van der Waals surface area contributed by atoms with Crippen molar-refractivity contribution in [2.45, 2.75) is 43.6 Å². The van der Waals surface area contributed by atoms with E-state index in [0.717, 1.165) is 18.0 Å². The Balaban J connectivity index is 2.01. The molecule has 2 heterocycles. The first-order valence-corrected chi connectivity index (χ1v) is 8.77. The lowest BCUT2D eigenvalue weighted by atomic mass is 10.1. The molecule has 0 saturated carbocycles. The number of nitriles is 1. The van der Waals surface area contributed by atoms with Crippen molar-refractivity contribution in [1.29, 1.82) is 5.26 Å². The molecule has 104 valence electrons. The summed E-state index contributed by atoms with van der Waals surface area (Å²) < 4.78 is 5.33. The molecule has 0 aromatic carbocycles. The summed E-state index contributed by atoms with van der Waals surface area (Å²) in [6, 6.07) is 2.18. The maximum atomic E-state index is 8.67. The van der Waals surface area contributed by atoms with Crippen LogP contribution in [-0.2, 0) is 6.42 Å². The van der Waals surface area contributed by atoms with Gasteiger partial charge in [-0.2, -0.15) is 22.0 Å². The van der Waals surface area contributed by atoms with Crippen molar-refractivity contribution >= 4 is 23.5 Å². The summed E-state index contributed by atoms with van der Waals surface area (Å²) in [6.45, 7) is 4.25. The van der Waals surface area contributed by atoms with E-state index in [2.05, 4.69) is 23.1 Å². The Morgan fingerprint density at radius 1 is 1.47 bits per heavy atom. The van der Waals surface area contributed by atoms with E-state index in [4.69, 9.17) is 9.78 Å². The van der Waals surface area contributed by atoms with Gasteiger partial charge in [0.2, 0.25) is 5.89 Å². The molecule has 1 aliphatic rings. The summed E-state index contributed by atoms with van der Waals surface area (Å²) in [5.41, 5.74) is 0. The maximum absolute atomic E-state index is 8.67. The average Bonchev–Trinajstić information content (AvgIpc) is 2.87. The summed E-state index contributed by atoms with van der Waals surface area (Å²) in [7, 11) is 0. The third-order valence-electron chi connectivity index (χ3n) is 3.15. The molecule has 0 amide bonds. The van der Waals surface area contributed by atoms with E-state index < -0.39 is 0 Å². The number of aromatic nitrogens is 2. The summed E-state index contributed by atoms with van der Waals surface area (Å²) in [5.74, 6) is 4.14. The molecule has 1 aliphatic heterocycles. The zero-order valence-corrected chi connectivity index (χ0v) is 13.0. The van der Waals surface area contributed by atoms with Crippen LogP contribution in [0, 0.1) is 17.2 Å². The van der Waals surface area contributed by atoms with Crippen molar-refractivity contribution in [3.63, 3.8) is 0 Å². The Bertz CT molecular complexity index is 443. The van der Waals surface area contributed by atoms with Crippen LogP contribution in [0.4, 0.5) is 0 Å². The molecule has 1 aromatic rings. The van der Waals surface area contributed by atoms with Gasteiger partial charge in [0, 0.05) is 29.6 Å². The summed E-state index contributed by atoms with van der Waals surface area (Å²) >= 11 is 3.95. The quantitative estimate of drug-likeness (QED) is 0.829. The number of rotatable bonds is 5. The van der Waals surface area contributed by atoms with Gasteiger partial charge in [-0.3, -0.25) is 0 Å². The van der Waals surface area contributed by atoms with E-state index in [-0.39, 0.29) is 5.92 Å². The van der Waals surface area contributed by atoms with Crippen LogP contribution >= 0.6 is 23.5 Å². The molecular formula is C13H19N3OS2. The predicted octanol–water partition coefficient (Wildman–Crippen LogP) is 3.46. The fraction of sp³-hybridized carbons (Fsp3) is 0.769. The van der Waals surface area contributed by atoms with Gasteiger partial charge < -0.3 is 4.52 Å². The van der Waals surface area contributed by atoms with Crippen molar-refractivity contribution in [3.8, 4) is 6.07 Å². The zero-order chi connectivity index (χ0) is 13.7. The van der Waals surface area contributed by atoms with Crippen molar-refractivity contribution in [2.75, 3.05) is 11.5 Å². The normalized spacial score (nSPS) is 24.9. The lowest BCUT2D eigenvalue weighted by Crippen LogP contribution is -2.19. The topological polar surface area (TPSA) is 62.7 Å². The lowest BCUT2D eigenvalue weighted by Gasteiger charge is -2.27. The fourth-order valence-corrected chi connectivity index (χ4v) is 5.12. The molecule has 1 aromatic heterocycles.